The van der Waals surface area contributed by atoms with Gasteiger partial charge >= 0.3 is 105 Å². The molecule has 0 unspecified atom stereocenters. The van der Waals surface area contributed by atoms with Crippen LogP contribution in [-0.2, 0) is 15.0 Å². The van der Waals surface area contributed by atoms with Gasteiger partial charge in [0.05, 0.1) is 0 Å². The average molecular weight is 280 g/mol. The van der Waals surface area contributed by atoms with Crippen LogP contribution in [-0.4, -0.2) is 21.5 Å². The third-order valence-electron chi connectivity index (χ3n) is 2.20. The summed E-state index contributed by atoms with van der Waals surface area (Å²) in [4.78, 5) is 28.5. The Hall–Kier alpha value is -1.58. The first kappa shape index (κ1) is 11.9. The van der Waals surface area contributed by atoms with Crippen molar-refractivity contribution in [2.45, 2.75) is 13.8 Å². The Morgan fingerprint density at radius 1 is 0.941 bits per heavy atom. The van der Waals surface area contributed by atoms with Gasteiger partial charge in [-0.15, -0.1) is 0 Å². The molecule has 93 valence electrons. The van der Waals surface area contributed by atoms with E-state index in [1.165, 1.54) is 28.8 Å². The van der Waals surface area contributed by atoms with Crippen molar-refractivity contribution in [3.8, 4) is 0 Å². The molecule has 4 nitrogen and oxygen atoms in total. The van der Waals surface area contributed by atoms with Gasteiger partial charge in [0.15, 0.2) is 0 Å². The number of H-pyrrole nitrogens is 2. The molecule has 0 aliphatic carbocycles. The second kappa shape index (κ2) is 4.73. The summed E-state index contributed by atoms with van der Waals surface area (Å²) < 4.78 is 1.65. The van der Waals surface area contributed by atoms with Crippen LogP contribution in [0.15, 0.2) is 24.5 Å². The molecule has 2 heterocycles. The fraction of sp³-hybridized carbons (Fsp3) is 0.167. The minimum absolute atomic E-state index is 0.0189. The molecule has 0 fully saturated rings. The molecular weight excluding hydrogens is 268 g/mol. The monoisotopic (exact) mass is 279 g/mol. The van der Waals surface area contributed by atoms with Gasteiger partial charge in [-0.05, 0) is 0 Å². The van der Waals surface area contributed by atoms with Crippen molar-refractivity contribution >= 4 is 20.5 Å². The summed E-state index contributed by atoms with van der Waals surface area (Å²) in [5.74, 6) is -0.0378. The van der Waals surface area contributed by atoms with Gasteiger partial charge in [0.25, 0.3) is 0 Å². The zero-order chi connectivity index (χ0) is 12.4. The Labute approximate surface area is 105 Å². The molecule has 2 rings (SSSR count). The first-order valence-electron chi connectivity index (χ1n) is 5.03. The topological polar surface area (TPSA) is 65.7 Å². The Kier molecular flexibility index (Phi) is 3.31. The standard InChI is InChI=1S/2C6H6NO.Cu/c2*1-5(8)6-3-2-4-7-6;/h2*2,4,7H,1H3;. The summed E-state index contributed by atoms with van der Waals surface area (Å²) in [5, 5.41) is 0. The van der Waals surface area contributed by atoms with E-state index in [0.29, 0.717) is 11.4 Å². The van der Waals surface area contributed by atoms with E-state index in [4.69, 9.17) is 0 Å². The summed E-state index contributed by atoms with van der Waals surface area (Å²) in [7, 11) is 0. The fourth-order valence-corrected chi connectivity index (χ4v) is 2.69. The number of aromatic amines is 2. The summed E-state index contributed by atoms with van der Waals surface area (Å²) >= 11 is 1.51. The molecule has 0 radical (unpaired) electrons. The molecule has 17 heavy (non-hydrogen) atoms. The summed E-state index contributed by atoms with van der Waals surface area (Å²) in [6.07, 6.45) is 3.44. The van der Waals surface area contributed by atoms with Gasteiger partial charge in [0.1, 0.15) is 0 Å². The van der Waals surface area contributed by atoms with Gasteiger partial charge in [0.2, 0.25) is 0 Å². The SMILES string of the molecule is CC(=O)c1[nH]cc[c]1[Cu][c]1cc[nH]c1C(C)=O. The maximum absolute atomic E-state index is 11.4. The van der Waals surface area contributed by atoms with E-state index in [2.05, 4.69) is 9.97 Å². The third-order valence-corrected chi connectivity index (χ3v) is 3.49. The van der Waals surface area contributed by atoms with Crippen LogP contribution in [0, 0.1) is 0 Å². The summed E-state index contributed by atoms with van der Waals surface area (Å²) in [6, 6.07) is 3.65. The van der Waals surface area contributed by atoms with Crippen LogP contribution in [0.3, 0.4) is 0 Å². The molecule has 0 bridgehead atoms. The van der Waals surface area contributed by atoms with Gasteiger partial charge in [0, 0.05) is 0 Å². The first-order chi connectivity index (χ1) is 8.09. The molecule has 2 N–H and O–H groups in total. The molecule has 0 amide bonds. The molecule has 2 aromatic heterocycles. The van der Waals surface area contributed by atoms with Crippen molar-refractivity contribution in [2.75, 3.05) is 0 Å². The quantitative estimate of drug-likeness (QED) is 0.642. The summed E-state index contributed by atoms with van der Waals surface area (Å²) in [5.41, 5.74) is 1.14. The van der Waals surface area contributed by atoms with Crippen molar-refractivity contribution in [1.82, 2.24) is 9.97 Å². The van der Waals surface area contributed by atoms with Gasteiger partial charge in [-0.25, -0.2) is 0 Å². The molecule has 0 aliphatic rings. The van der Waals surface area contributed by atoms with E-state index < -0.39 is 0 Å². The number of rotatable bonds is 4. The van der Waals surface area contributed by atoms with Crippen molar-refractivity contribution < 1.29 is 24.5 Å². The molecule has 0 aromatic carbocycles. The zero-order valence-corrected chi connectivity index (χ0v) is 10.4. The van der Waals surface area contributed by atoms with Crippen molar-refractivity contribution in [3.63, 3.8) is 0 Å². The number of Topliss-reactive ketones (excluding diaryl/α,β-unsaturated/α-hetero) is 2. The van der Waals surface area contributed by atoms with Crippen LogP contribution >= 0.6 is 0 Å². The predicted octanol–water partition coefficient (Wildman–Crippen LogP) is 0.781. The second-order valence-corrected chi connectivity index (χ2v) is 4.76. The van der Waals surface area contributed by atoms with Crippen molar-refractivity contribution in [1.29, 1.82) is 0 Å². The molecule has 5 heteroatoms. The van der Waals surface area contributed by atoms with E-state index in [1.807, 2.05) is 12.1 Å². The third kappa shape index (κ3) is 2.40. The second-order valence-electron chi connectivity index (χ2n) is 3.51. The molecule has 0 spiro atoms. The Balaban J connectivity index is 2.32. The number of carbonyl (C=O) groups excluding carboxylic acids is 2. The van der Waals surface area contributed by atoms with Crippen LogP contribution in [0.2, 0.25) is 0 Å². The van der Waals surface area contributed by atoms with Gasteiger partial charge in [-0.3, -0.25) is 0 Å². The van der Waals surface area contributed by atoms with Crippen LogP contribution in [0.1, 0.15) is 34.8 Å². The normalized spacial score (nSPS) is 10.7. The molecule has 0 aliphatic heterocycles. The number of carbonyl (C=O) groups is 2. The van der Waals surface area contributed by atoms with Crippen molar-refractivity contribution in [3.05, 3.63) is 35.9 Å². The van der Waals surface area contributed by atoms with Crippen LogP contribution < -0.4 is 8.92 Å². The Morgan fingerprint density at radius 3 is 1.71 bits per heavy atom. The average Bonchev–Trinajstić information content (AvgIpc) is 2.86. The van der Waals surface area contributed by atoms with Gasteiger partial charge in [-0.2, -0.15) is 0 Å². The molecule has 0 saturated carbocycles. The predicted molar refractivity (Wildman–Crippen MR) is 60.9 cm³/mol. The van der Waals surface area contributed by atoms with Crippen molar-refractivity contribution in [2.24, 2.45) is 0 Å². The fourth-order valence-electron chi connectivity index (χ4n) is 1.40. The Morgan fingerprint density at radius 2 is 1.35 bits per heavy atom. The van der Waals surface area contributed by atoms with Crippen LogP contribution in [0.25, 0.3) is 0 Å². The number of hydrogen-bond acceptors (Lipinski definition) is 2. The number of hydrogen-bond donors (Lipinski definition) is 2. The van der Waals surface area contributed by atoms with E-state index in [1.54, 1.807) is 12.4 Å². The molecular formula is C12H12CuN2O2. The molecule has 2 aromatic rings. The number of aromatic nitrogens is 2. The van der Waals surface area contributed by atoms with Crippen LogP contribution in [0.4, 0.5) is 0 Å². The first-order valence-corrected chi connectivity index (χ1v) is 5.97. The van der Waals surface area contributed by atoms with Gasteiger partial charge in [-0.1, -0.05) is 0 Å². The number of ketones is 2. The minimum atomic E-state index is -0.0189. The Bertz CT molecular complexity index is 518. The van der Waals surface area contributed by atoms with Gasteiger partial charge < -0.3 is 0 Å². The summed E-state index contributed by atoms with van der Waals surface area (Å²) in [6.45, 7) is 3.02. The zero-order valence-electron chi connectivity index (χ0n) is 9.43. The van der Waals surface area contributed by atoms with E-state index >= 15 is 0 Å². The van der Waals surface area contributed by atoms with E-state index in [0.717, 1.165) is 8.92 Å². The van der Waals surface area contributed by atoms with E-state index in [9.17, 15) is 9.59 Å². The number of nitrogens with one attached hydrogen (secondary N) is 2. The van der Waals surface area contributed by atoms with E-state index in [-0.39, 0.29) is 11.6 Å². The maximum atomic E-state index is 11.4. The molecule has 0 saturated heterocycles. The molecule has 0 atom stereocenters. The van der Waals surface area contributed by atoms with Crippen LogP contribution in [0.5, 0.6) is 0 Å².